The van der Waals surface area contributed by atoms with Crippen molar-refractivity contribution in [1.82, 2.24) is 8.61 Å². The van der Waals surface area contributed by atoms with Crippen LogP contribution in [0.25, 0.3) is 0 Å². The molecule has 2 aliphatic rings. The summed E-state index contributed by atoms with van der Waals surface area (Å²) in [7, 11) is -3.57. The topological polar surface area (TPSA) is 77.9 Å². The normalized spacial score (nSPS) is 22.9. The molecule has 0 radical (unpaired) electrons. The second-order valence-corrected chi connectivity index (χ2v) is 6.52. The van der Waals surface area contributed by atoms with Crippen molar-refractivity contribution in [2.45, 2.75) is 38.1 Å². The fourth-order valence-electron chi connectivity index (χ4n) is 2.14. The average molecular weight is 262 g/mol. The Morgan fingerprint density at radius 2 is 1.82 bits per heavy atom. The van der Waals surface area contributed by atoms with Crippen LogP contribution in [0.2, 0.25) is 0 Å². The number of carboxylic acids is 1. The minimum Gasteiger partial charge on any atom is -0.480 e. The van der Waals surface area contributed by atoms with Gasteiger partial charge >= 0.3 is 5.97 Å². The number of rotatable bonds is 5. The van der Waals surface area contributed by atoms with Crippen molar-refractivity contribution in [3.05, 3.63) is 0 Å². The first-order chi connectivity index (χ1) is 8.01. The number of hydrogen-bond donors (Lipinski definition) is 1. The fraction of sp³-hybridized carbons (Fsp3) is 0.900. The van der Waals surface area contributed by atoms with Gasteiger partial charge in [-0.15, -0.1) is 0 Å². The van der Waals surface area contributed by atoms with Crippen molar-refractivity contribution in [2.24, 2.45) is 0 Å². The summed E-state index contributed by atoms with van der Waals surface area (Å²) in [6, 6.07) is -0.0990. The van der Waals surface area contributed by atoms with Gasteiger partial charge in [0.1, 0.15) is 6.54 Å². The van der Waals surface area contributed by atoms with Crippen LogP contribution in [0.1, 0.15) is 32.1 Å². The smallest absolute Gasteiger partial charge is 0.318 e. The Bertz CT molecular complexity index is 385. The van der Waals surface area contributed by atoms with Crippen molar-refractivity contribution in [3.63, 3.8) is 0 Å². The number of carboxylic acid groups (broad SMARTS) is 1. The van der Waals surface area contributed by atoms with E-state index in [9.17, 15) is 13.2 Å². The average Bonchev–Trinajstić information content (AvgIpc) is 3.10. The Labute approximate surface area is 101 Å². The van der Waals surface area contributed by atoms with Crippen LogP contribution in [0, 0.1) is 0 Å². The Balaban J connectivity index is 2.12. The standard InChI is InChI=1S/C10H18N2O4S/c13-10(14)8-12(9-4-5-9)17(15,16)11-6-2-1-3-7-11/h9H,1-8H2,(H,13,14). The van der Waals surface area contributed by atoms with E-state index in [1.54, 1.807) is 0 Å². The molecule has 1 saturated heterocycles. The van der Waals surface area contributed by atoms with Crippen LogP contribution >= 0.6 is 0 Å². The second kappa shape index (κ2) is 4.91. The summed E-state index contributed by atoms with van der Waals surface area (Å²) >= 11 is 0. The number of piperidine rings is 1. The first kappa shape index (κ1) is 12.8. The molecular weight excluding hydrogens is 244 g/mol. The van der Waals surface area contributed by atoms with E-state index < -0.39 is 22.7 Å². The zero-order chi connectivity index (χ0) is 12.5. The van der Waals surface area contributed by atoms with Gasteiger partial charge < -0.3 is 5.11 Å². The largest absolute Gasteiger partial charge is 0.480 e. The highest BCUT2D eigenvalue weighted by Crippen LogP contribution is 2.31. The molecule has 1 N–H and O–H groups in total. The lowest BCUT2D eigenvalue weighted by atomic mass is 10.2. The van der Waals surface area contributed by atoms with Crippen LogP contribution in [0.3, 0.4) is 0 Å². The third-order valence-corrected chi connectivity index (χ3v) is 5.22. The molecule has 0 spiro atoms. The lowest BCUT2D eigenvalue weighted by Crippen LogP contribution is -2.48. The molecule has 0 aromatic rings. The van der Waals surface area contributed by atoms with Gasteiger partial charge in [0, 0.05) is 19.1 Å². The second-order valence-electron chi connectivity index (χ2n) is 4.64. The molecule has 17 heavy (non-hydrogen) atoms. The van der Waals surface area contributed by atoms with Crippen molar-refractivity contribution in [3.8, 4) is 0 Å². The highest BCUT2D eigenvalue weighted by Gasteiger charge is 2.41. The highest BCUT2D eigenvalue weighted by molar-refractivity contribution is 7.86. The number of nitrogens with zero attached hydrogens (tertiary/aromatic N) is 2. The molecule has 2 rings (SSSR count). The lowest BCUT2D eigenvalue weighted by Gasteiger charge is -2.31. The third-order valence-electron chi connectivity index (χ3n) is 3.18. The molecule has 1 aliphatic heterocycles. The van der Waals surface area contributed by atoms with Crippen LogP contribution in [0.5, 0.6) is 0 Å². The summed E-state index contributed by atoms with van der Waals surface area (Å²) < 4.78 is 27.2. The number of aliphatic carboxylic acids is 1. The first-order valence-corrected chi connectivity index (χ1v) is 7.40. The molecule has 0 aromatic carbocycles. The Morgan fingerprint density at radius 1 is 1.24 bits per heavy atom. The predicted molar refractivity (Wildman–Crippen MR) is 61.7 cm³/mol. The van der Waals surface area contributed by atoms with E-state index in [1.165, 1.54) is 4.31 Å². The summed E-state index contributed by atoms with van der Waals surface area (Å²) in [4.78, 5) is 10.7. The van der Waals surface area contributed by atoms with Gasteiger partial charge in [0.25, 0.3) is 10.2 Å². The van der Waals surface area contributed by atoms with Crippen LogP contribution in [0.4, 0.5) is 0 Å². The molecule has 7 heteroatoms. The molecule has 0 unspecified atom stereocenters. The fourth-order valence-corrected chi connectivity index (χ4v) is 4.02. The Hall–Kier alpha value is -0.660. The molecule has 1 saturated carbocycles. The summed E-state index contributed by atoms with van der Waals surface area (Å²) in [5.74, 6) is -1.09. The van der Waals surface area contributed by atoms with Gasteiger partial charge in [-0.25, -0.2) is 0 Å². The predicted octanol–water partition coefficient (Wildman–Crippen LogP) is 0.266. The summed E-state index contributed by atoms with van der Waals surface area (Å²) in [6.07, 6.45) is 4.34. The molecule has 0 atom stereocenters. The number of hydrogen-bond acceptors (Lipinski definition) is 3. The molecule has 0 aromatic heterocycles. The maximum absolute atomic E-state index is 12.3. The summed E-state index contributed by atoms with van der Waals surface area (Å²) in [6.45, 7) is 0.625. The van der Waals surface area contributed by atoms with Gasteiger partial charge in [-0.3, -0.25) is 4.79 Å². The van der Waals surface area contributed by atoms with Crippen molar-refractivity contribution in [2.75, 3.05) is 19.6 Å². The minimum atomic E-state index is -3.57. The maximum Gasteiger partial charge on any atom is 0.318 e. The molecule has 98 valence electrons. The van der Waals surface area contributed by atoms with E-state index in [4.69, 9.17) is 5.11 Å². The zero-order valence-corrected chi connectivity index (χ0v) is 10.5. The molecule has 1 heterocycles. The zero-order valence-electron chi connectivity index (χ0n) is 9.71. The molecule has 0 bridgehead atoms. The Morgan fingerprint density at radius 3 is 2.29 bits per heavy atom. The highest BCUT2D eigenvalue weighted by atomic mass is 32.2. The quantitative estimate of drug-likeness (QED) is 0.771. The van der Waals surface area contributed by atoms with E-state index in [0.717, 1.165) is 36.4 Å². The summed E-state index contributed by atoms with van der Waals surface area (Å²) in [5.41, 5.74) is 0. The molecular formula is C10H18N2O4S. The molecule has 2 fully saturated rings. The molecule has 6 nitrogen and oxygen atoms in total. The third kappa shape index (κ3) is 2.97. The molecule has 0 amide bonds. The van der Waals surface area contributed by atoms with Gasteiger partial charge in [-0.05, 0) is 25.7 Å². The summed E-state index contributed by atoms with van der Waals surface area (Å²) in [5, 5.41) is 8.80. The van der Waals surface area contributed by atoms with Gasteiger partial charge in [0.2, 0.25) is 0 Å². The van der Waals surface area contributed by atoms with Crippen LogP contribution in [-0.4, -0.2) is 53.8 Å². The van der Waals surface area contributed by atoms with E-state index in [-0.39, 0.29) is 6.04 Å². The van der Waals surface area contributed by atoms with Crippen LogP contribution in [0.15, 0.2) is 0 Å². The van der Waals surface area contributed by atoms with Crippen molar-refractivity contribution in [1.29, 1.82) is 0 Å². The minimum absolute atomic E-state index is 0.0990. The van der Waals surface area contributed by atoms with E-state index in [1.807, 2.05) is 0 Å². The van der Waals surface area contributed by atoms with Gasteiger partial charge in [0.05, 0.1) is 0 Å². The monoisotopic (exact) mass is 262 g/mol. The van der Waals surface area contributed by atoms with Crippen molar-refractivity contribution >= 4 is 16.2 Å². The SMILES string of the molecule is O=C(O)CN(C1CC1)S(=O)(=O)N1CCCCC1. The van der Waals surface area contributed by atoms with Gasteiger partial charge in [-0.2, -0.15) is 17.0 Å². The van der Waals surface area contributed by atoms with Gasteiger partial charge in [0.15, 0.2) is 0 Å². The molecule has 1 aliphatic carbocycles. The maximum atomic E-state index is 12.3. The lowest BCUT2D eigenvalue weighted by molar-refractivity contribution is -0.137. The number of carbonyl (C=O) groups is 1. The van der Waals surface area contributed by atoms with Gasteiger partial charge in [-0.1, -0.05) is 6.42 Å². The van der Waals surface area contributed by atoms with Crippen LogP contribution < -0.4 is 0 Å². The Kier molecular flexibility index (Phi) is 3.70. The van der Waals surface area contributed by atoms with E-state index in [0.29, 0.717) is 13.1 Å². The van der Waals surface area contributed by atoms with Crippen molar-refractivity contribution < 1.29 is 18.3 Å². The van der Waals surface area contributed by atoms with E-state index in [2.05, 4.69) is 0 Å². The van der Waals surface area contributed by atoms with Crippen LogP contribution in [-0.2, 0) is 15.0 Å². The first-order valence-electron chi connectivity index (χ1n) is 6.00. The van der Waals surface area contributed by atoms with E-state index >= 15 is 0 Å².